The Kier molecular flexibility index (Phi) is 8.07. The fraction of sp³-hybridized carbons (Fsp3) is 0.240. The zero-order chi connectivity index (χ0) is 26.7. The predicted octanol–water partition coefficient (Wildman–Crippen LogP) is 4.05. The number of rotatable bonds is 9. The molecule has 3 N–H and O–H groups in total. The fourth-order valence-corrected chi connectivity index (χ4v) is 5.99. The lowest BCUT2D eigenvalue weighted by atomic mass is 10.1. The smallest absolute Gasteiger partial charge is 0.262 e. The molecule has 3 aromatic rings. The van der Waals surface area contributed by atoms with E-state index in [1.165, 1.54) is 43.5 Å². The van der Waals surface area contributed by atoms with E-state index in [0.717, 1.165) is 5.56 Å². The first-order chi connectivity index (χ1) is 16.8. The molecule has 0 saturated heterocycles. The summed E-state index contributed by atoms with van der Waals surface area (Å²) < 4.78 is 61.5. The third kappa shape index (κ3) is 6.42. The monoisotopic (exact) mass is 531 g/mol. The van der Waals surface area contributed by atoms with Crippen LogP contribution in [0.2, 0.25) is 0 Å². The Morgan fingerprint density at radius 2 is 1.53 bits per heavy atom. The number of hydrogen-bond acceptors (Lipinski definition) is 6. The lowest BCUT2D eigenvalue weighted by Gasteiger charge is -2.15. The molecule has 3 rings (SSSR count). The minimum atomic E-state index is -3.98. The standard InChI is InChI=1S/C25H29N3O6S2/c1-16(2)27-35(30,31)21-12-13-23(34-5)22(15-21)26-25(29)19-9-8-18(4)24(14-19)36(32,33)28-20-10-6-17(3)7-11-20/h6-16,27-28H,1-5H3,(H,26,29). The molecule has 0 saturated carbocycles. The molecule has 0 spiro atoms. The summed E-state index contributed by atoms with van der Waals surface area (Å²) in [6, 6.07) is 14.9. The molecule has 0 radical (unpaired) electrons. The number of sulfonamides is 2. The number of anilines is 2. The summed E-state index contributed by atoms with van der Waals surface area (Å²) in [6.07, 6.45) is 0. The van der Waals surface area contributed by atoms with Crippen molar-refractivity contribution in [3.8, 4) is 5.75 Å². The Hall–Kier alpha value is -3.41. The Morgan fingerprint density at radius 1 is 0.861 bits per heavy atom. The second kappa shape index (κ2) is 10.7. The van der Waals surface area contributed by atoms with E-state index in [2.05, 4.69) is 14.8 Å². The van der Waals surface area contributed by atoms with Gasteiger partial charge in [0.05, 0.1) is 22.6 Å². The van der Waals surface area contributed by atoms with Gasteiger partial charge >= 0.3 is 0 Å². The molecule has 0 fully saturated rings. The Balaban J connectivity index is 1.92. The average Bonchev–Trinajstić information content (AvgIpc) is 2.79. The molecule has 0 aliphatic heterocycles. The molecule has 192 valence electrons. The van der Waals surface area contributed by atoms with Gasteiger partial charge in [-0.3, -0.25) is 9.52 Å². The number of carbonyl (C=O) groups is 1. The van der Waals surface area contributed by atoms with E-state index < -0.39 is 26.0 Å². The van der Waals surface area contributed by atoms with Crippen molar-refractivity contribution in [2.45, 2.75) is 43.5 Å². The maximum absolute atomic E-state index is 13.1. The fourth-order valence-electron chi connectivity index (χ4n) is 3.39. The highest BCUT2D eigenvalue weighted by Gasteiger charge is 2.22. The van der Waals surface area contributed by atoms with Gasteiger partial charge in [-0.05, 0) is 75.7 Å². The zero-order valence-corrected chi connectivity index (χ0v) is 22.2. The van der Waals surface area contributed by atoms with Crippen LogP contribution in [-0.2, 0) is 20.0 Å². The van der Waals surface area contributed by atoms with Crippen LogP contribution in [0.15, 0.2) is 70.5 Å². The van der Waals surface area contributed by atoms with Crippen molar-refractivity contribution in [1.82, 2.24) is 4.72 Å². The Morgan fingerprint density at radius 3 is 2.14 bits per heavy atom. The average molecular weight is 532 g/mol. The molecular formula is C25H29N3O6S2. The van der Waals surface area contributed by atoms with E-state index in [1.807, 2.05) is 6.92 Å². The largest absolute Gasteiger partial charge is 0.495 e. The van der Waals surface area contributed by atoms with Gasteiger partial charge in [0.25, 0.3) is 15.9 Å². The van der Waals surface area contributed by atoms with Crippen LogP contribution in [0.1, 0.15) is 35.3 Å². The van der Waals surface area contributed by atoms with Gasteiger partial charge < -0.3 is 10.1 Å². The molecule has 1 amide bonds. The van der Waals surface area contributed by atoms with Crippen molar-refractivity contribution in [3.63, 3.8) is 0 Å². The van der Waals surface area contributed by atoms with Crippen LogP contribution in [0.4, 0.5) is 11.4 Å². The molecule has 0 atom stereocenters. The number of amides is 1. The summed E-state index contributed by atoms with van der Waals surface area (Å²) in [6.45, 7) is 6.91. The van der Waals surface area contributed by atoms with Crippen LogP contribution in [0.5, 0.6) is 5.75 Å². The van der Waals surface area contributed by atoms with Gasteiger partial charge in [0.1, 0.15) is 5.75 Å². The molecule has 0 aromatic heterocycles. The SMILES string of the molecule is COc1ccc(S(=O)(=O)NC(C)C)cc1NC(=O)c1ccc(C)c(S(=O)(=O)Nc2ccc(C)cc2)c1. The molecule has 0 heterocycles. The summed E-state index contributed by atoms with van der Waals surface area (Å²) in [5, 5.41) is 2.63. The van der Waals surface area contributed by atoms with E-state index in [-0.39, 0.29) is 32.8 Å². The number of carbonyl (C=O) groups excluding carboxylic acids is 1. The maximum Gasteiger partial charge on any atom is 0.262 e. The quantitative estimate of drug-likeness (QED) is 0.382. The van der Waals surface area contributed by atoms with Gasteiger partial charge in [-0.2, -0.15) is 0 Å². The molecule has 0 aliphatic carbocycles. The van der Waals surface area contributed by atoms with Gasteiger partial charge in [0.15, 0.2) is 0 Å². The molecule has 0 bridgehead atoms. The summed E-state index contributed by atoms with van der Waals surface area (Å²) in [5.41, 5.74) is 2.03. The molecule has 36 heavy (non-hydrogen) atoms. The zero-order valence-electron chi connectivity index (χ0n) is 20.6. The third-order valence-corrected chi connectivity index (χ3v) is 8.34. The molecule has 0 aliphatic rings. The molecule has 11 heteroatoms. The first-order valence-electron chi connectivity index (χ1n) is 11.0. The van der Waals surface area contributed by atoms with Gasteiger partial charge in [-0.25, -0.2) is 21.6 Å². The van der Waals surface area contributed by atoms with E-state index >= 15 is 0 Å². The highest BCUT2D eigenvalue weighted by Crippen LogP contribution is 2.29. The highest BCUT2D eigenvalue weighted by molar-refractivity contribution is 7.92. The minimum Gasteiger partial charge on any atom is -0.495 e. The second-order valence-corrected chi connectivity index (χ2v) is 11.9. The maximum atomic E-state index is 13.1. The molecule has 3 aromatic carbocycles. The summed E-state index contributed by atoms with van der Waals surface area (Å²) in [4.78, 5) is 13.0. The van der Waals surface area contributed by atoms with Crippen LogP contribution < -0.4 is 19.5 Å². The minimum absolute atomic E-state index is 0.0539. The predicted molar refractivity (Wildman–Crippen MR) is 140 cm³/mol. The topological polar surface area (TPSA) is 131 Å². The third-order valence-electron chi connectivity index (χ3n) is 5.16. The molecule has 9 nitrogen and oxygen atoms in total. The number of hydrogen-bond donors (Lipinski definition) is 3. The van der Waals surface area contributed by atoms with Gasteiger partial charge in [0.2, 0.25) is 10.0 Å². The van der Waals surface area contributed by atoms with Crippen molar-refractivity contribution < 1.29 is 26.4 Å². The van der Waals surface area contributed by atoms with E-state index in [9.17, 15) is 21.6 Å². The highest BCUT2D eigenvalue weighted by atomic mass is 32.2. The number of benzene rings is 3. The van der Waals surface area contributed by atoms with Crippen molar-refractivity contribution >= 4 is 37.3 Å². The van der Waals surface area contributed by atoms with Crippen LogP contribution in [-0.4, -0.2) is 35.9 Å². The van der Waals surface area contributed by atoms with Crippen LogP contribution in [0, 0.1) is 13.8 Å². The Labute approximate surface area is 212 Å². The lowest BCUT2D eigenvalue weighted by Crippen LogP contribution is -2.30. The van der Waals surface area contributed by atoms with E-state index in [0.29, 0.717) is 11.3 Å². The molecule has 0 unspecified atom stereocenters. The summed E-state index contributed by atoms with van der Waals surface area (Å²) in [7, 11) is -6.41. The van der Waals surface area contributed by atoms with E-state index in [4.69, 9.17) is 4.74 Å². The number of methoxy groups -OCH3 is 1. The van der Waals surface area contributed by atoms with E-state index in [1.54, 1.807) is 45.0 Å². The summed E-state index contributed by atoms with van der Waals surface area (Å²) >= 11 is 0. The van der Waals surface area contributed by atoms with Gasteiger partial charge in [-0.1, -0.05) is 23.8 Å². The number of ether oxygens (including phenoxy) is 1. The van der Waals surface area contributed by atoms with Crippen LogP contribution >= 0.6 is 0 Å². The second-order valence-electron chi connectivity index (χ2n) is 8.54. The van der Waals surface area contributed by atoms with Gasteiger partial charge in [-0.15, -0.1) is 0 Å². The number of aryl methyl sites for hydroxylation is 2. The first-order valence-corrected chi connectivity index (χ1v) is 14.0. The first kappa shape index (κ1) is 27.2. The van der Waals surface area contributed by atoms with Crippen molar-refractivity contribution in [1.29, 1.82) is 0 Å². The van der Waals surface area contributed by atoms with Gasteiger partial charge in [0, 0.05) is 17.3 Å². The normalized spacial score (nSPS) is 11.8. The van der Waals surface area contributed by atoms with Crippen molar-refractivity contribution in [3.05, 3.63) is 77.4 Å². The van der Waals surface area contributed by atoms with Crippen LogP contribution in [0.25, 0.3) is 0 Å². The van der Waals surface area contributed by atoms with Crippen LogP contribution in [0.3, 0.4) is 0 Å². The summed E-state index contributed by atoms with van der Waals surface area (Å²) in [5.74, 6) is -0.390. The van der Waals surface area contributed by atoms with Crippen molar-refractivity contribution in [2.24, 2.45) is 0 Å². The lowest BCUT2D eigenvalue weighted by molar-refractivity contribution is 0.102. The Bertz CT molecular complexity index is 1480. The molecular weight excluding hydrogens is 502 g/mol. The van der Waals surface area contributed by atoms with Crippen molar-refractivity contribution in [2.75, 3.05) is 17.1 Å². The number of nitrogens with one attached hydrogen (secondary N) is 3.